The van der Waals surface area contributed by atoms with Gasteiger partial charge in [-0.2, -0.15) is 0 Å². The Bertz CT molecular complexity index is 354. The molecule has 1 aromatic carbocycles. The third-order valence-electron chi connectivity index (χ3n) is 3.21. The molecule has 0 radical (unpaired) electrons. The first-order chi connectivity index (χ1) is 8.29. The fourth-order valence-corrected chi connectivity index (χ4v) is 2.41. The number of para-hydroxylation sites is 1. The van der Waals surface area contributed by atoms with Gasteiger partial charge in [0.15, 0.2) is 0 Å². The third kappa shape index (κ3) is 3.45. The summed E-state index contributed by atoms with van der Waals surface area (Å²) in [5.74, 6) is 1.01. The summed E-state index contributed by atoms with van der Waals surface area (Å²) in [7, 11) is 0. The number of piperidine rings is 1. The second-order valence-electron chi connectivity index (χ2n) is 4.68. The van der Waals surface area contributed by atoms with Crippen molar-refractivity contribution in [2.24, 2.45) is 5.73 Å². The molecule has 17 heavy (non-hydrogen) atoms. The van der Waals surface area contributed by atoms with Gasteiger partial charge in [-0.25, -0.2) is 0 Å². The lowest BCUT2D eigenvalue weighted by Crippen LogP contribution is -2.42. The van der Waals surface area contributed by atoms with E-state index >= 15 is 0 Å². The summed E-state index contributed by atoms with van der Waals surface area (Å²) in [6.07, 6.45) is 2.36. The topological polar surface area (TPSA) is 38.5 Å². The monoisotopic (exact) mass is 234 g/mol. The summed E-state index contributed by atoms with van der Waals surface area (Å²) < 4.78 is 5.65. The lowest BCUT2D eigenvalue weighted by molar-refractivity contribution is 0.198. The molecule has 94 valence electrons. The minimum absolute atomic E-state index is 0.336. The Labute approximate surface area is 104 Å². The lowest BCUT2D eigenvalue weighted by Gasteiger charge is -2.31. The van der Waals surface area contributed by atoms with Crippen molar-refractivity contribution in [1.82, 2.24) is 4.90 Å². The van der Waals surface area contributed by atoms with Gasteiger partial charge in [-0.15, -0.1) is 0 Å². The number of nitrogens with two attached hydrogens (primary N) is 1. The van der Waals surface area contributed by atoms with Crippen molar-refractivity contribution in [1.29, 1.82) is 0 Å². The van der Waals surface area contributed by atoms with E-state index in [1.54, 1.807) is 0 Å². The Morgan fingerprint density at radius 2 is 2.24 bits per heavy atom. The maximum Gasteiger partial charge on any atom is 0.123 e. The summed E-state index contributed by atoms with van der Waals surface area (Å²) in [4.78, 5) is 2.42. The Morgan fingerprint density at radius 3 is 3.00 bits per heavy atom. The molecule has 1 heterocycles. The van der Waals surface area contributed by atoms with Crippen LogP contribution in [-0.2, 0) is 6.54 Å². The highest BCUT2D eigenvalue weighted by atomic mass is 16.5. The van der Waals surface area contributed by atoms with Crippen LogP contribution in [0.5, 0.6) is 5.75 Å². The van der Waals surface area contributed by atoms with Gasteiger partial charge in [-0.3, -0.25) is 4.90 Å². The van der Waals surface area contributed by atoms with Crippen LogP contribution < -0.4 is 10.5 Å². The summed E-state index contributed by atoms with van der Waals surface area (Å²) >= 11 is 0. The SMILES string of the molecule is CCOc1ccccc1CN1CCCC(N)C1. The normalized spacial score (nSPS) is 21.4. The quantitative estimate of drug-likeness (QED) is 0.866. The highest BCUT2D eigenvalue weighted by Crippen LogP contribution is 2.21. The number of likely N-dealkylation sites (tertiary alicyclic amines) is 1. The molecule has 0 amide bonds. The van der Waals surface area contributed by atoms with Crippen LogP contribution in [0.25, 0.3) is 0 Å². The molecule has 3 heteroatoms. The third-order valence-corrected chi connectivity index (χ3v) is 3.21. The van der Waals surface area contributed by atoms with Crippen LogP contribution in [-0.4, -0.2) is 30.6 Å². The standard InChI is InChI=1S/C14H22N2O/c1-2-17-14-8-4-3-6-12(14)10-16-9-5-7-13(15)11-16/h3-4,6,8,13H,2,5,7,9-11,15H2,1H3. The van der Waals surface area contributed by atoms with Gasteiger partial charge in [0.1, 0.15) is 5.75 Å². The molecule has 0 spiro atoms. The fraction of sp³-hybridized carbons (Fsp3) is 0.571. The van der Waals surface area contributed by atoms with Crippen molar-refractivity contribution in [2.45, 2.75) is 32.4 Å². The van der Waals surface area contributed by atoms with Gasteiger partial charge in [0.05, 0.1) is 6.61 Å². The first-order valence-electron chi connectivity index (χ1n) is 6.48. The zero-order valence-corrected chi connectivity index (χ0v) is 10.6. The molecule has 1 atom stereocenters. The summed E-state index contributed by atoms with van der Waals surface area (Å²) in [6.45, 7) is 5.84. The van der Waals surface area contributed by atoms with Gasteiger partial charge in [0.2, 0.25) is 0 Å². The van der Waals surface area contributed by atoms with Crippen LogP contribution in [0.15, 0.2) is 24.3 Å². The molecule has 0 bridgehead atoms. The molecule has 1 saturated heterocycles. The second kappa shape index (κ2) is 6.03. The van der Waals surface area contributed by atoms with Crippen LogP contribution in [0.4, 0.5) is 0 Å². The van der Waals surface area contributed by atoms with Crippen molar-refractivity contribution in [3.8, 4) is 5.75 Å². The highest BCUT2D eigenvalue weighted by molar-refractivity contribution is 5.33. The number of ether oxygens (including phenoxy) is 1. The van der Waals surface area contributed by atoms with Gasteiger partial charge in [0, 0.05) is 24.7 Å². The molecule has 1 aromatic rings. The minimum atomic E-state index is 0.336. The van der Waals surface area contributed by atoms with Gasteiger partial charge in [-0.1, -0.05) is 18.2 Å². The fourth-order valence-electron chi connectivity index (χ4n) is 2.41. The highest BCUT2D eigenvalue weighted by Gasteiger charge is 2.17. The zero-order valence-electron chi connectivity index (χ0n) is 10.6. The van der Waals surface area contributed by atoms with Gasteiger partial charge < -0.3 is 10.5 Å². The van der Waals surface area contributed by atoms with E-state index < -0.39 is 0 Å². The summed E-state index contributed by atoms with van der Waals surface area (Å²) in [6, 6.07) is 8.62. The minimum Gasteiger partial charge on any atom is -0.494 e. The van der Waals surface area contributed by atoms with E-state index in [1.807, 2.05) is 19.1 Å². The molecule has 1 aliphatic heterocycles. The Hall–Kier alpha value is -1.06. The van der Waals surface area contributed by atoms with Crippen LogP contribution in [0.3, 0.4) is 0 Å². The molecule has 1 unspecified atom stereocenters. The van der Waals surface area contributed by atoms with Crippen LogP contribution in [0.1, 0.15) is 25.3 Å². The summed E-state index contributed by atoms with van der Waals surface area (Å²) in [5.41, 5.74) is 7.27. The van der Waals surface area contributed by atoms with E-state index in [0.29, 0.717) is 6.04 Å². The number of nitrogens with zero attached hydrogens (tertiary/aromatic N) is 1. The first-order valence-corrected chi connectivity index (χ1v) is 6.48. The van der Waals surface area contributed by atoms with E-state index in [2.05, 4.69) is 17.0 Å². The summed E-state index contributed by atoms with van der Waals surface area (Å²) in [5, 5.41) is 0. The van der Waals surface area contributed by atoms with Crippen LogP contribution >= 0.6 is 0 Å². The molecular formula is C14H22N2O. The molecule has 2 rings (SSSR count). The van der Waals surface area contributed by atoms with E-state index in [9.17, 15) is 0 Å². The van der Waals surface area contributed by atoms with E-state index in [-0.39, 0.29) is 0 Å². The molecule has 3 nitrogen and oxygen atoms in total. The molecule has 2 N–H and O–H groups in total. The average molecular weight is 234 g/mol. The Balaban J connectivity index is 2.01. The first kappa shape index (κ1) is 12.4. The number of rotatable bonds is 4. The molecule has 1 fully saturated rings. The number of hydrogen-bond donors (Lipinski definition) is 1. The van der Waals surface area contributed by atoms with Crippen molar-refractivity contribution >= 4 is 0 Å². The molecule has 0 aliphatic carbocycles. The van der Waals surface area contributed by atoms with Gasteiger partial charge >= 0.3 is 0 Å². The van der Waals surface area contributed by atoms with Crippen molar-refractivity contribution in [2.75, 3.05) is 19.7 Å². The molecule has 0 saturated carbocycles. The van der Waals surface area contributed by atoms with E-state index in [4.69, 9.17) is 10.5 Å². The van der Waals surface area contributed by atoms with Crippen molar-refractivity contribution in [3.05, 3.63) is 29.8 Å². The van der Waals surface area contributed by atoms with E-state index in [1.165, 1.54) is 12.0 Å². The van der Waals surface area contributed by atoms with Gasteiger partial charge in [-0.05, 0) is 32.4 Å². The lowest BCUT2D eigenvalue weighted by atomic mass is 10.1. The second-order valence-corrected chi connectivity index (χ2v) is 4.68. The van der Waals surface area contributed by atoms with Crippen molar-refractivity contribution < 1.29 is 4.74 Å². The van der Waals surface area contributed by atoms with Crippen molar-refractivity contribution in [3.63, 3.8) is 0 Å². The predicted molar refractivity (Wildman–Crippen MR) is 70.1 cm³/mol. The molecule has 1 aliphatic rings. The van der Waals surface area contributed by atoms with Crippen LogP contribution in [0.2, 0.25) is 0 Å². The smallest absolute Gasteiger partial charge is 0.123 e. The number of benzene rings is 1. The maximum atomic E-state index is 6.00. The molecule has 0 aromatic heterocycles. The maximum absolute atomic E-state index is 6.00. The average Bonchev–Trinajstić information content (AvgIpc) is 2.32. The number of hydrogen-bond acceptors (Lipinski definition) is 3. The Kier molecular flexibility index (Phi) is 4.40. The zero-order chi connectivity index (χ0) is 12.1. The van der Waals surface area contributed by atoms with Crippen LogP contribution in [0, 0.1) is 0 Å². The molecular weight excluding hydrogens is 212 g/mol. The predicted octanol–water partition coefficient (Wildman–Crippen LogP) is 2.01. The van der Waals surface area contributed by atoms with E-state index in [0.717, 1.165) is 38.4 Å². The largest absolute Gasteiger partial charge is 0.494 e. The van der Waals surface area contributed by atoms with Gasteiger partial charge in [0.25, 0.3) is 0 Å². The Morgan fingerprint density at radius 1 is 1.41 bits per heavy atom.